The van der Waals surface area contributed by atoms with Crippen LogP contribution in [0, 0.1) is 0 Å². The number of methoxy groups -OCH3 is 1. The maximum absolute atomic E-state index is 6.17. The molecule has 0 aliphatic rings. The lowest BCUT2D eigenvalue weighted by Gasteiger charge is -2.07. The Bertz CT molecular complexity index is 1400. The van der Waals surface area contributed by atoms with E-state index in [0.717, 1.165) is 50.5 Å². The molecule has 4 nitrogen and oxygen atoms in total. The lowest BCUT2D eigenvalue weighted by Crippen LogP contribution is -2.03. The molecule has 4 aromatic carbocycles. The van der Waals surface area contributed by atoms with Crippen molar-refractivity contribution in [2.24, 2.45) is 4.99 Å². The third kappa shape index (κ3) is 4.25. The van der Waals surface area contributed by atoms with Gasteiger partial charge in [-0.3, -0.25) is 0 Å². The first kappa shape index (κ1) is 19.6. The molecular weight excluding hydrogens is 396 g/mol. The molecule has 0 aliphatic heterocycles. The van der Waals surface area contributed by atoms with Crippen molar-refractivity contribution in [1.29, 1.82) is 0 Å². The van der Waals surface area contributed by atoms with Crippen LogP contribution in [0.2, 0.25) is 0 Å². The van der Waals surface area contributed by atoms with Gasteiger partial charge in [0.25, 0.3) is 0 Å². The minimum Gasteiger partial charge on any atom is -0.497 e. The van der Waals surface area contributed by atoms with E-state index in [1.807, 2.05) is 109 Å². The quantitative estimate of drug-likeness (QED) is 0.332. The van der Waals surface area contributed by atoms with Crippen molar-refractivity contribution in [1.82, 2.24) is 0 Å². The molecule has 4 heteroatoms. The molecule has 0 atom stereocenters. The fraction of sp³-hybridized carbons (Fsp3) is 0.0357. The van der Waals surface area contributed by atoms with Crippen molar-refractivity contribution in [3.63, 3.8) is 0 Å². The molecule has 5 aromatic rings. The summed E-state index contributed by atoms with van der Waals surface area (Å²) in [6.07, 6.45) is 0. The molecule has 0 bridgehead atoms. The number of hydrogen-bond donors (Lipinski definition) is 1. The van der Waals surface area contributed by atoms with Crippen molar-refractivity contribution in [2.75, 3.05) is 12.4 Å². The van der Waals surface area contributed by atoms with Gasteiger partial charge in [0.1, 0.15) is 17.1 Å². The second-order valence-electron chi connectivity index (χ2n) is 7.37. The first-order valence-corrected chi connectivity index (χ1v) is 10.4. The summed E-state index contributed by atoms with van der Waals surface area (Å²) in [5.41, 5.74) is 4.71. The summed E-state index contributed by atoms with van der Waals surface area (Å²) in [6, 6.07) is 36.0. The average Bonchev–Trinajstić information content (AvgIpc) is 2.86. The Hall–Kier alpha value is -4.31. The van der Waals surface area contributed by atoms with Crippen molar-refractivity contribution < 1.29 is 9.15 Å². The summed E-state index contributed by atoms with van der Waals surface area (Å²) in [5.74, 6) is 1.57. The van der Waals surface area contributed by atoms with Crippen LogP contribution < -0.4 is 15.4 Å². The Morgan fingerprint density at radius 3 is 2.16 bits per heavy atom. The fourth-order valence-corrected chi connectivity index (χ4v) is 3.55. The monoisotopic (exact) mass is 418 g/mol. The molecule has 32 heavy (non-hydrogen) atoms. The Balaban J connectivity index is 1.53. The molecule has 0 unspecified atom stereocenters. The molecule has 0 radical (unpaired) electrons. The van der Waals surface area contributed by atoms with Gasteiger partial charge in [-0.05, 0) is 72.8 Å². The summed E-state index contributed by atoms with van der Waals surface area (Å²) in [4.78, 5) is 4.92. The van der Waals surface area contributed by atoms with Crippen LogP contribution in [0.4, 0.5) is 17.1 Å². The fourth-order valence-electron chi connectivity index (χ4n) is 3.55. The molecule has 0 saturated carbocycles. The highest BCUT2D eigenvalue weighted by molar-refractivity contribution is 5.78. The van der Waals surface area contributed by atoms with Crippen LogP contribution in [0.15, 0.2) is 119 Å². The number of para-hydroxylation sites is 2. The molecule has 0 fully saturated rings. The van der Waals surface area contributed by atoms with Crippen LogP contribution in [-0.4, -0.2) is 7.11 Å². The lowest BCUT2D eigenvalue weighted by molar-refractivity contribution is 0.415. The van der Waals surface area contributed by atoms with E-state index >= 15 is 0 Å². The maximum Gasteiger partial charge on any atom is 0.136 e. The van der Waals surface area contributed by atoms with Crippen molar-refractivity contribution in [2.45, 2.75) is 0 Å². The van der Waals surface area contributed by atoms with E-state index in [9.17, 15) is 0 Å². The molecular formula is C28H22N2O2. The lowest BCUT2D eigenvalue weighted by atomic mass is 10.1. The van der Waals surface area contributed by atoms with E-state index < -0.39 is 0 Å². The number of rotatable bonds is 5. The number of anilines is 2. The van der Waals surface area contributed by atoms with Gasteiger partial charge >= 0.3 is 0 Å². The zero-order chi connectivity index (χ0) is 21.8. The zero-order valence-corrected chi connectivity index (χ0v) is 17.7. The third-order valence-corrected chi connectivity index (χ3v) is 5.20. The smallest absolute Gasteiger partial charge is 0.136 e. The minimum atomic E-state index is 0.757. The van der Waals surface area contributed by atoms with E-state index in [1.54, 1.807) is 7.11 Å². The molecule has 0 aliphatic carbocycles. The van der Waals surface area contributed by atoms with Gasteiger partial charge < -0.3 is 14.5 Å². The summed E-state index contributed by atoms with van der Waals surface area (Å²) in [6.45, 7) is 0. The average molecular weight is 418 g/mol. The SMILES string of the molecule is COc1ccc(-c2cc(=Nc3ccc(Nc4ccccc4)cc3)c3ccccc3o2)cc1. The van der Waals surface area contributed by atoms with Gasteiger partial charge in [-0.25, -0.2) is 4.99 Å². The molecule has 5 rings (SSSR count). The first-order valence-electron chi connectivity index (χ1n) is 10.4. The van der Waals surface area contributed by atoms with E-state index in [1.165, 1.54) is 0 Å². The number of ether oxygens (including phenoxy) is 1. The number of nitrogens with zero attached hydrogens (tertiary/aromatic N) is 1. The van der Waals surface area contributed by atoms with Crippen LogP contribution >= 0.6 is 0 Å². The molecule has 0 saturated heterocycles. The molecule has 0 spiro atoms. The number of fused-ring (bicyclic) bond motifs is 1. The molecule has 0 amide bonds. The van der Waals surface area contributed by atoms with Gasteiger partial charge in [-0.15, -0.1) is 0 Å². The van der Waals surface area contributed by atoms with E-state index in [2.05, 4.69) is 5.32 Å². The van der Waals surface area contributed by atoms with E-state index in [0.29, 0.717) is 0 Å². The maximum atomic E-state index is 6.17. The third-order valence-electron chi connectivity index (χ3n) is 5.20. The predicted molar refractivity (Wildman–Crippen MR) is 130 cm³/mol. The summed E-state index contributed by atoms with van der Waals surface area (Å²) in [7, 11) is 1.66. The van der Waals surface area contributed by atoms with Crippen LogP contribution in [0.5, 0.6) is 5.75 Å². The second kappa shape index (κ2) is 8.82. The zero-order valence-electron chi connectivity index (χ0n) is 17.7. The Kier molecular flexibility index (Phi) is 5.41. The van der Waals surface area contributed by atoms with E-state index in [4.69, 9.17) is 14.1 Å². The van der Waals surface area contributed by atoms with Gasteiger partial charge in [0.05, 0.1) is 18.2 Å². The van der Waals surface area contributed by atoms with Crippen LogP contribution in [0.1, 0.15) is 0 Å². The van der Waals surface area contributed by atoms with Crippen LogP contribution in [-0.2, 0) is 0 Å². The summed E-state index contributed by atoms with van der Waals surface area (Å²) >= 11 is 0. The first-order chi connectivity index (χ1) is 15.8. The van der Waals surface area contributed by atoms with Gasteiger partial charge in [-0.1, -0.05) is 30.3 Å². The van der Waals surface area contributed by atoms with Gasteiger partial charge in [0.15, 0.2) is 0 Å². The number of hydrogen-bond acceptors (Lipinski definition) is 4. The minimum absolute atomic E-state index is 0.757. The second-order valence-corrected chi connectivity index (χ2v) is 7.37. The highest BCUT2D eigenvalue weighted by Gasteiger charge is 2.06. The Morgan fingerprint density at radius 1 is 0.719 bits per heavy atom. The van der Waals surface area contributed by atoms with Gasteiger partial charge in [-0.2, -0.15) is 0 Å². The van der Waals surface area contributed by atoms with Crippen LogP contribution in [0.3, 0.4) is 0 Å². The molecule has 1 N–H and O–H groups in total. The summed E-state index contributed by atoms with van der Waals surface area (Å²) < 4.78 is 11.4. The topological polar surface area (TPSA) is 46.8 Å². The predicted octanol–water partition coefficient (Wildman–Crippen LogP) is 7.08. The molecule has 156 valence electrons. The van der Waals surface area contributed by atoms with Crippen molar-refractivity contribution in [3.05, 3.63) is 115 Å². The van der Waals surface area contributed by atoms with Gasteiger partial charge in [0.2, 0.25) is 0 Å². The standard InChI is InChI=1S/C28H22N2O2/c1-31-24-17-11-20(12-18-24)28-19-26(25-9-5-6-10-27(25)32-28)30-23-15-13-22(14-16-23)29-21-7-3-2-4-8-21/h2-19,29H,1H3. The highest BCUT2D eigenvalue weighted by atomic mass is 16.5. The number of nitrogens with one attached hydrogen (secondary N) is 1. The van der Waals surface area contributed by atoms with Crippen molar-refractivity contribution in [3.8, 4) is 17.1 Å². The molecule has 1 aromatic heterocycles. The van der Waals surface area contributed by atoms with E-state index in [-0.39, 0.29) is 0 Å². The largest absolute Gasteiger partial charge is 0.497 e. The Labute approximate surface area is 186 Å². The highest BCUT2D eigenvalue weighted by Crippen LogP contribution is 2.25. The Morgan fingerprint density at radius 2 is 1.41 bits per heavy atom. The summed E-state index contributed by atoms with van der Waals surface area (Å²) in [5, 5.41) is 5.23. The van der Waals surface area contributed by atoms with Crippen LogP contribution in [0.25, 0.3) is 22.3 Å². The normalized spacial score (nSPS) is 11.5. The number of benzene rings is 4. The molecule has 1 heterocycles. The van der Waals surface area contributed by atoms with Crippen molar-refractivity contribution >= 4 is 28.0 Å². The van der Waals surface area contributed by atoms with Gasteiger partial charge in [0, 0.05) is 28.4 Å².